The molecule has 0 radical (unpaired) electrons. The second-order valence-corrected chi connectivity index (χ2v) is 8.17. The van der Waals surface area contributed by atoms with Crippen LogP contribution in [0, 0.1) is 0 Å². The second-order valence-electron chi connectivity index (χ2n) is 6.25. The fourth-order valence-electron chi connectivity index (χ4n) is 2.76. The highest BCUT2D eigenvalue weighted by molar-refractivity contribution is 7.91. The summed E-state index contributed by atoms with van der Waals surface area (Å²) in [7, 11) is -4.78. The molecule has 162 valence electrons. The number of rotatable bonds is 5. The Morgan fingerprint density at radius 1 is 1.00 bits per heavy atom. The third-order valence-corrected chi connectivity index (χ3v) is 5.75. The van der Waals surface area contributed by atoms with Crippen molar-refractivity contribution in [3.63, 3.8) is 0 Å². The fraction of sp³-hybridized carbons (Fsp3) is 0.158. The van der Waals surface area contributed by atoms with E-state index in [2.05, 4.69) is 16.0 Å². The number of hydrogen-bond acceptors (Lipinski definition) is 6. The largest absolute Gasteiger partial charge is 0.341 e. The number of carbonyl (C=O) groups is 2. The number of alkyl halides is 2. The minimum Gasteiger partial charge on any atom is -0.267 e. The second kappa shape index (κ2) is 8.60. The monoisotopic (exact) mass is 450 g/mol. The van der Waals surface area contributed by atoms with Crippen molar-refractivity contribution in [3.8, 4) is 0 Å². The molecule has 1 heterocycles. The van der Waals surface area contributed by atoms with E-state index in [1.54, 1.807) is 31.2 Å². The van der Waals surface area contributed by atoms with Crippen LogP contribution in [0.4, 0.5) is 8.78 Å². The zero-order valence-electron chi connectivity index (χ0n) is 16.0. The molecule has 0 fully saturated rings. The van der Waals surface area contributed by atoms with Crippen LogP contribution in [0.2, 0.25) is 0 Å². The highest BCUT2D eigenvalue weighted by Crippen LogP contribution is 2.18. The van der Waals surface area contributed by atoms with Crippen LogP contribution >= 0.6 is 0 Å². The molecule has 0 atom stereocenters. The van der Waals surface area contributed by atoms with E-state index in [0.29, 0.717) is 5.39 Å². The number of amides is 2. The lowest BCUT2D eigenvalue weighted by Crippen LogP contribution is -2.42. The molecule has 0 spiro atoms. The first-order valence-corrected chi connectivity index (χ1v) is 10.4. The lowest BCUT2D eigenvalue weighted by Gasteiger charge is -2.11. The predicted octanol–water partition coefficient (Wildman–Crippen LogP) is 1.49. The summed E-state index contributed by atoms with van der Waals surface area (Å²) in [6, 6.07) is 10.2. The average Bonchev–Trinajstić information content (AvgIpc) is 2.77. The van der Waals surface area contributed by atoms with E-state index in [1.165, 1.54) is 0 Å². The Morgan fingerprint density at radius 3 is 2.16 bits per heavy atom. The molecule has 0 aliphatic heterocycles. The summed E-state index contributed by atoms with van der Waals surface area (Å²) in [5.74, 6) is -5.19. The molecular formula is C19H16F2N4O5S. The number of carbonyl (C=O) groups excluding carboxylic acids is 2. The van der Waals surface area contributed by atoms with Crippen LogP contribution in [0.3, 0.4) is 0 Å². The van der Waals surface area contributed by atoms with E-state index in [0.717, 1.165) is 28.9 Å². The highest BCUT2D eigenvalue weighted by atomic mass is 32.2. The number of nitrogens with one attached hydrogen (secondary N) is 2. The minimum atomic E-state index is -4.78. The zero-order chi connectivity index (χ0) is 22.8. The third kappa shape index (κ3) is 4.28. The molecule has 0 aliphatic carbocycles. The number of fused-ring (bicyclic) bond motifs is 1. The Labute approximate surface area is 174 Å². The van der Waals surface area contributed by atoms with E-state index < -0.39 is 32.3 Å². The van der Waals surface area contributed by atoms with Gasteiger partial charge in [0.15, 0.2) is 5.69 Å². The molecule has 3 rings (SSSR count). The first-order valence-electron chi connectivity index (χ1n) is 8.89. The summed E-state index contributed by atoms with van der Waals surface area (Å²) in [4.78, 5) is 36.5. The molecule has 9 nitrogen and oxygen atoms in total. The van der Waals surface area contributed by atoms with Gasteiger partial charge in [0.25, 0.3) is 17.4 Å². The average molecular weight is 450 g/mol. The molecule has 2 amide bonds. The van der Waals surface area contributed by atoms with Gasteiger partial charge in [-0.2, -0.15) is 13.9 Å². The molecule has 31 heavy (non-hydrogen) atoms. The van der Waals surface area contributed by atoms with Crippen molar-refractivity contribution in [2.75, 3.05) is 0 Å². The standard InChI is InChI=1S/C19H16F2N4O5S/c1-2-25-18(28)14-6-4-3-5-13(14)15(24-25)17(27)23-22-16(26)11-7-9-12(10-8-11)31(29,30)19(20)21/h3-10,19H,2H2,1H3,(H,22,26)(H,23,27). The third-order valence-electron chi connectivity index (χ3n) is 4.35. The first-order chi connectivity index (χ1) is 14.7. The number of hydrogen-bond donors (Lipinski definition) is 2. The normalized spacial score (nSPS) is 11.5. The van der Waals surface area contributed by atoms with Crippen molar-refractivity contribution in [1.82, 2.24) is 20.6 Å². The van der Waals surface area contributed by atoms with E-state index in [1.807, 2.05) is 0 Å². The Kier molecular flexibility index (Phi) is 6.11. The van der Waals surface area contributed by atoms with Crippen molar-refractivity contribution in [2.24, 2.45) is 0 Å². The number of halogens is 2. The molecule has 0 saturated carbocycles. The minimum absolute atomic E-state index is 0.0788. The van der Waals surface area contributed by atoms with Crippen LogP contribution in [-0.2, 0) is 16.4 Å². The maximum absolute atomic E-state index is 12.6. The lowest BCUT2D eigenvalue weighted by atomic mass is 10.1. The number of hydrazine groups is 1. The first kappa shape index (κ1) is 22.0. The Balaban J connectivity index is 1.79. The number of nitrogens with zero attached hydrogens (tertiary/aromatic N) is 2. The molecule has 0 saturated heterocycles. The summed E-state index contributed by atoms with van der Waals surface area (Å²) >= 11 is 0. The summed E-state index contributed by atoms with van der Waals surface area (Å²) in [5, 5.41) is 4.61. The van der Waals surface area contributed by atoms with Crippen molar-refractivity contribution >= 4 is 32.4 Å². The van der Waals surface area contributed by atoms with Gasteiger partial charge in [-0.25, -0.2) is 13.1 Å². The number of benzene rings is 2. The van der Waals surface area contributed by atoms with Crippen LogP contribution < -0.4 is 16.4 Å². The maximum Gasteiger partial charge on any atom is 0.341 e. The summed E-state index contributed by atoms with van der Waals surface area (Å²) < 4.78 is 49.1. The van der Waals surface area contributed by atoms with E-state index in [-0.39, 0.29) is 28.7 Å². The predicted molar refractivity (Wildman–Crippen MR) is 106 cm³/mol. The molecule has 0 aliphatic rings. The van der Waals surface area contributed by atoms with Gasteiger partial charge in [0.05, 0.1) is 10.3 Å². The summed E-state index contributed by atoms with van der Waals surface area (Å²) in [5.41, 5.74) is 3.77. The van der Waals surface area contributed by atoms with Crippen LogP contribution in [0.15, 0.2) is 58.2 Å². The molecule has 0 bridgehead atoms. The molecule has 2 N–H and O–H groups in total. The fourth-order valence-corrected chi connectivity index (χ4v) is 3.48. The summed E-state index contributed by atoms with van der Waals surface area (Å²) in [6.45, 7) is 1.91. The Morgan fingerprint density at radius 2 is 1.58 bits per heavy atom. The van der Waals surface area contributed by atoms with Crippen LogP contribution in [0.1, 0.15) is 27.8 Å². The van der Waals surface area contributed by atoms with E-state index in [4.69, 9.17) is 0 Å². The van der Waals surface area contributed by atoms with Crippen molar-refractivity contribution < 1.29 is 26.8 Å². The van der Waals surface area contributed by atoms with Crippen molar-refractivity contribution in [3.05, 3.63) is 70.1 Å². The molecule has 0 unspecified atom stereocenters. The maximum atomic E-state index is 12.6. The van der Waals surface area contributed by atoms with Crippen LogP contribution in [-0.4, -0.2) is 35.8 Å². The smallest absolute Gasteiger partial charge is 0.267 e. The number of aryl methyl sites for hydroxylation is 1. The lowest BCUT2D eigenvalue weighted by molar-refractivity contribution is 0.0843. The van der Waals surface area contributed by atoms with Crippen LogP contribution in [0.5, 0.6) is 0 Å². The van der Waals surface area contributed by atoms with Gasteiger partial charge in [0, 0.05) is 17.5 Å². The van der Waals surface area contributed by atoms with Gasteiger partial charge >= 0.3 is 5.76 Å². The van der Waals surface area contributed by atoms with Gasteiger partial charge < -0.3 is 0 Å². The summed E-state index contributed by atoms with van der Waals surface area (Å²) in [6.07, 6.45) is 0. The Hall–Kier alpha value is -3.67. The molecular weight excluding hydrogens is 434 g/mol. The quantitative estimate of drug-likeness (QED) is 0.567. The van der Waals surface area contributed by atoms with Crippen molar-refractivity contribution in [1.29, 1.82) is 0 Å². The van der Waals surface area contributed by atoms with Gasteiger partial charge in [-0.3, -0.25) is 25.2 Å². The molecule has 3 aromatic rings. The Bertz CT molecular complexity index is 1320. The molecule has 1 aromatic heterocycles. The van der Waals surface area contributed by atoms with Gasteiger partial charge in [-0.1, -0.05) is 18.2 Å². The van der Waals surface area contributed by atoms with Gasteiger partial charge in [0.1, 0.15) is 0 Å². The van der Waals surface area contributed by atoms with Gasteiger partial charge in [-0.15, -0.1) is 0 Å². The number of sulfone groups is 1. The van der Waals surface area contributed by atoms with Crippen molar-refractivity contribution in [2.45, 2.75) is 24.1 Å². The highest BCUT2D eigenvalue weighted by Gasteiger charge is 2.26. The topological polar surface area (TPSA) is 127 Å². The molecule has 2 aromatic carbocycles. The van der Waals surface area contributed by atoms with Crippen LogP contribution in [0.25, 0.3) is 10.8 Å². The number of aromatic nitrogens is 2. The zero-order valence-corrected chi connectivity index (χ0v) is 16.8. The molecule has 12 heteroatoms. The van der Waals surface area contributed by atoms with Gasteiger partial charge in [0.2, 0.25) is 9.84 Å². The van der Waals surface area contributed by atoms with Gasteiger partial charge in [-0.05, 0) is 37.3 Å². The SMILES string of the molecule is CCn1nc(C(=O)NNC(=O)c2ccc(S(=O)(=O)C(F)F)cc2)c2ccccc2c1=O. The van der Waals surface area contributed by atoms with E-state index >= 15 is 0 Å². The van der Waals surface area contributed by atoms with E-state index in [9.17, 15) is 31.6 Å².